The Morgan fingerprint density at radius 1 is 1.21 bits per heavy atom. The maximum absolute atomic E-state index is 8.98. The lowest BCUT2D eigenvalue weighted by molar-refractivity contribution is 0.292. The Labute approximate surface area is 145 Å². The van der Waals surface area contributed by atoms with Gasteiger partial charge in [-0.05, 0) is 49.7 Å². The second-order valence-corrected chi connectivity index (χ2v) is 7.26. The molecule has 0 atom stereocenters. The molecule has 0 saturated heterocycles. The van der Waals surface area contributed by atoms with E-state index < -0.39 is 0 Å². The number of aliphatic hydroxyl groups excluding tert-OH is 1. The number of hydrogen-bond acceptors (Lipinski definition) is 6. The Morgan fingerprint density at radius 2 is 2.04 bits per heavy atom. The second kappa shape index (κ2) is 6.61. The number of fused-ring (bicyclic) bond motifs is 5. The van der Waals surface area contributed by atoms with Crippen molar-refractivity contribution in [1.29, 1.82) is 0 Å². The minimum atomic E-state index is 0.183. The molecule has 2 N–H and O–H groups in total. The Morgan fingerprint density at radius 3 is 2.83 bits per heavy atom. The van der Waals surface area contributed by atoms with E-state index in [4.69, 9.17) is 10.1 Å². The Bertz CT molecular complexity index is 890. The molecule has 0 spiro atoms. The van der Waals surface area contributed by atoms with E-state index in [1.165, 1.54) is 35.0 Å². The average Bonchev–Trinajstić information content (AvgIpc) is 3.00. The van der Waals surface area contributed by atoms with Gasteiger partial charge in [-0.1, -0.05) is 6.92 Å². The molecule has 3 aromatic heterocycles. The molecule has 1 aliphatic carbocycles. The summed E-state index contributed by atoms with van der Waals surface area (Å²) in [4.78, 5) is 15.1. The molecule has 24 heavy (non-hydrogen) atoms. The fourth-order valence-corrected chi connectivity index (χ4v) is 4.79. The van der Waals surface area contributed by atoms with Crippen molar-refractivity contribution in [2.45, 2.75) is 45.4 Å². The summed E-state index contributed by atoms with van der Waals surface area (Å²) in [5, 5.41) is 13.6. The van der Waals surface area contributed by atoms with E-state index >= 15 is 0 Å². The average molecular weight is 342 g/mol. The molecule has 5 nitrogen and oxygen atoms in total. The Hall–Kier alpha value is -1.79. The highest BCUT2D eigenvalue weighted by Crippen LogP contribution is 2.40. The van der Waals surface area contributed by atoms with Gasteiger partial charge in [0.25, 0.3) is 0 Å². The van der Waals surface area contributed by atoms with E-state index in [-0.39, 0.29) is 6.61 Å². The van der Waals surface area contributed by atoms with Gasteiger partial charge in [0.1, 0.15) is 17.0 Å². The van der Waals surface area contributed by atoms with Gasteiger partial charge in [0.15, 0.2) is 0 Å². The third-order valence-corrected chi connectivity index (χ3v) is 5.85. The first-order valence-corrected chi connectivity index (χ1v) is 9.57. The summed E-state index contributed by atoms with van der Waals surface area (Å²) in [7, 11) is 0. The molecular formula is C18H22N4OS. The standard InChI is InChI=1S/C18H22N4OS/c1-2-13-11-6-3-4-7-12(11)14-15-16(24-18(14)22-13)17(21-10-20-15)19-8-5-9-23/h10,23H,2-9H2,1H3,(H,19,20,21). The molecule has 0 aliphatic heterocycles. The molecule has 4 rings (SSSR count). The quantitative estimate of drug-likeness (QED) is 0.695. The molecule has 0 saturated carbocycles. The first kappa shape index (κ1) is 15.7. The zero-order valence-electron chi connectivity index (χ0n) is 13.9. The molecule has 3 heterocycles. The highest BCUT2D eigenvalue weighted by molar-refractivity contribution is 7.26. The van der Waals surface area contributed by atoms with Crippen molar-refractivity contribution in [2.75, 3.05) is 18.5 Å². The van der Waals surface area contributed by atoms with E-state index in [0.717, 1.165) is 40.1 Å². The molecule has 0 unspecified atom stereocenters. The van der Waals surface area contributed by atoms with Crippen LogP contribution in [0.25, 0.3) is 20.4 Å². The van der Waals surface area contributed by atoms with Gasteiger partial charge in [-0.15, -0.1) is 11.3 Å². The Balaban J connectivity index is 1.93. The molecule has 0 fully saturated rings. The topological polar surface area (TPSA) is 70.9 Å². The lowest BCUT2D eigenvalue weighted by atomic mass is 9.88. The van der Waals surface area contributed by atoms with Crippen LogP contribution in [-0.2, 0) is 19.3 Å². The van der Waals surface area contributed by atoms with Gasteiger partial charge >= 0.3 is 0 Å². The molecule has 0 bridgehead atoms. The van der Waals surface area contributed by atoms with Crippen LogP contribution in [0.2, 0.25) is 0 Å². The summed E-state index contributed by atoms with van der Waals surface area (Å²) in [5.41, 5.74) is 5.22. The van der Waals surface area contributed by atoms with E-state index in [1.807, 2.05) is 0 Å². The summed E-state index contributed by atoms with van der Waals surface area (Å²) in [6, 6.07) is 0. The third kappa shape index (κ3) is 2.54. The van der Waals surface area contributed by atoms with Crippen molar-refractivity contribution >= 4 is 37.6 Å². The van der Waals surface area contributed by atoms with Crippen LogP contribution in [0.3, 0.4) is 0 Å². The lowest BCUT2D eigenvalue weighted by Gasteiger charge is -2.19. The van der Waals surface area contributed by atoms with E-state index in [1.54, 1.807) is 17.7 Å². The van der Waals surface area contributed by atoms with Crippen LogP contribution >= 0.6 is 11.3 Å². The number of nitrogens with zero attached hydrogens (tertiary/aromatic N) is 3. The maximum atomic E-state index is 8.98. The zero-order chi connectivity index (χ0) is 16.5. The first-order valence-electron chi connectivity index (χ1n) is 8.76. The smallest absolute Gasteiger partial charge is 0.147 e. The molecule has 6 heteroatoms. The minimum absolute atomic E-state index is 0.183. The van der Waals surface area contributed by atoms with Crippen LogP contribution in [0.1, 0.15) is 43.0 Å². The Kier molecular flexibility index (Phi) is 4.33. The van der Waals surface area contributed by atoms with E-state index in [0.29, 0.717) is 13.0 Å². The van der Waals surface area contributed by atoms with Crippen LogP contribution in [0.15, 0.2) is 6.33 Å². The number of pyridine rings is 1. The summed E-state index contributed by atoms with van der Waals surface area (Å²) >= 11 is 1.69. The number of rotatable bonds is 5. The van der Waals surface area contributed by atoms with Crippen LogP contribution in [-0.4, -0.2) is 33.2 Å². The molecule has 3 aromatic rings. The van der Waals surface area contributed by atoms with Crippen molar-refractivity contribution in [1.82, 2.24) is 15.0 Å². The maximum Gasteiger partial charge on any atom is 0.147 e. The van der Waals surface area contributed by atoms with Crippen molar-refractivity contribution in [3.05, 3.63) is 23.1 Å². The number of nitrogens with one attached hydrogen (secondary N) is 1. The highest BCUT2D eigenvalue weighted by Gasteiger charge is 2.22. The predicted octanol–water partition coefficient (Wildman–Crippen LogP) is 3.48. The fraction of sp³-hybridized carbons (Fsp3) is 0.500. The molecule has 1 aliphatic rings. The number of aliphatic hydroxyl groups is 1. The lowest BCUT2D eigenvalue weighted by Crippen LogP contribution is -2.08. The van der Waals surface area contributed by atoms with Crippen molar-refractivity contribution in [2.24, 2.45) is 0 Å². The van der Waals surface area contributed by atoms with Crippen molar-refractivity contribution < 1.29 is 5.11 Å². The summed E-state index contributed by atoms with van der Waals surface area (Å²) in [5.74, 6) is 0.860. The molecule has 0 aromatic carbocycles. The van der Waals surface area contributed by atoms with Gasteiger partial charge in [0, 0.05) is 24.2 Å². The number of aryl methyl sites for hydroxylation is 2. The van der Waals surface area contributed by atoms with E-state index in [2.05, 4.69) is 22.2 Å². The summed E-state index contributed by atoms with van der Waals surface area (Å²) in [6.45, 7) is 3.09. The normalized spacial score (nSPS) is 14.2. The van der Waals surface area contributed by atoms with Gasteiger partial charge in [0.05, 0.1) is 10.2 Å². The van der Waals surface area contributed by atoms with Gasteiger partial charge in [-0.3, -0.25) is 0 Å². The largest absolute Gasteiger partial charge is 0.396 e. The van der Waals surface area contributed by atoms with Crippen molar-refractivity contribution in [3.8, 4) is 0 Å². The number of hydrogen-bond donors (Lipinski definition) is 2. The first-order chi connectivity index (χ1) is 11.8. The van der Waals surface area contributed by atoms with E-state index in [9.17, 15) is 0 Å². The number of thiophene rings is 1. The molecule has 0 radical (unpaired) electrons. The second-order valence-electron chi connectivity index (χ2n) is 6.26. The third-order valence-electron chi connectivity index (χ3n) is 4.77. The predicted molar refractivity (Wildman–Crippen MR) is 98.9 cm³/mol. The van der Waals surface area contributed by atoms with Crippen LogP contribution < -0.4 is 5.32 Å². The highest BCUT2D eigenvalue weighted by atomic mass is 32.1. The van der Waals surface area contributed by atoms with Crippen LogP contribution in [0.4, 0.5) is 5.82 Å². The van der Waals surface area contributed by atoms with Crippen molar-refractivity contribution in [3.63, 3.8) is 0 Å². The number of anilines is 1. The van der Waals surface area contributed by atoms with Crippen LogP contribution in [0.5, 0.6) is 0 Å². The zero-order valence-corrected chi connectivity index (χ0v) is 14.7. The van der Waals surface area contributed by atoms with Gasteiger partial charge in [-0.25, -0.2) is 15.0 Å². The minimum Gasteiger partial charge on any atom is -0.396 e. The SMILES string of the molecule is CCc1nc2sc3c(NCCCO)ncnc3c2c2c1CCCC2. The molecule has 126 valence electrons. The van der Waals surface area contributed by atoms with Crippen LogP contribution in [0, 0.1) is 0 Å². The monoisotopic (exact) mass is 342 g/mol. The number of aromatic nitrogens is 3. The fourth-order valence-electron chi connectivity index (χ4n) is 3.64. The molecule has 0 amide bonds. The molecular weight excluding hydrogens is 320 g/mol. The van der Waals surface area contributed by atoms with Gasteiger partial charge < -0.3 is 10.4 Å². The summed E-state index contributed by atoms with van der Waals surface area (Å²) in [6.07, 6.45) is 8.12. The van der Waals surface area contributed by atoms with Gasteiger partial charge in [0.2, 0.25) is 0 Å². The van der Waals surface area contributed by atoms with Gasteiger partial charge in [-0.2, -0.15) is 0 Å². The summed E-state index contributed by atoms with van der Waals surface area (Å²) < 4.78 is 1.08.